The van der Waals surface area contributed by atoms with Gasteiger partial charge in [-0.3, -0.25) is 9.48 Å². The first kappa shape index (κ1) is 11.9. The Balaban J connectivity index is 3.02. The lowest BCUT2D eigenvalue weighted by atomic mass is 9.92. The fraction of sp³-hybridized carbons (Fsp3) is 0.636. The van der Waals surface area contributed by atoms with Crippen molar-refractivity contribution in [1.29, 1.82) is 0 Å². The van der Waals surface area contributed by atoms with Gasteiger partial charge in [-0.15, -0.1) is 0 Å². The number of ketones is 1. The van der Waals surface area contributed by atoms with E-state index < -0.39 is 0 Å². The normalized spacial score (nSPS) is 11.8. The number of carbonyl (C=O) groups is 1. The SMILES string of the molecule is CNCC(=O)c1cc(C(C)(C)C)nn1C. The highest BCUT2D eigenvalue weighted by molar-refractivity contribution is 5.96. The van der Waals surface area contributed by atoms with Gasteiger partial charge in [0, 0.05) is 12.5 Å². The molecule has 0 saturated carbocycles. The van der Waals surface area contributed by atoms with Gasteiger partial charge in [-0.1, -0.05) is 20.8 Å². The zero-order valence-electron chi connectivity index (χ0n) is 10.1. The van der Waals surface area contributed by atoms with Gasteiger partial charge in [0.15, 0.2) is 5.78 Å². The molecule has 0 bridgehead atoms. The summed E-state index contributed by atoms with van der Waals surface area (Å²) < 4.78 is 1.65. The monoisotopic (exact) mass is 209 g/mol. The number of hydrogen-bond acceptors (Lipinski definition) is 3. The van der Waals surface area contributed by atoms with Gasteiger partial charge in [0.2, 0.25) is 0 Å². The van der Waals surface area contributed by atoms with E-state index >= 15 is 0 Å². The maximum absolute atomic E-state index is 11.7. The summed E-state index contributed by atoms with van der Waals surface area (Å²) in [6.07, 6.45) is 0. The van der Waals surface area contributed by atoms with Crippen LogP contribution in [0.1, 0.15) is 37.0 Å². The van der Waals surface area contributed by atoms with Crippen LogP contribution >= 0.6 is 0 Å². The Morgan fingerprint density at radius 1 is 1.53 bits per heavy atom. The first-order chi connectivity index (χ1) is 6.86. The summed E-state index contributed by atoms with van der Waals surface area (Å²) >= 11 is 0. The van der Waals surface area contributed by atoms with E-state index in [4.69, 9.17) is 0 Å². The van der Waals surface area contributed by atoms with Gasteiger partial charge in [-0.25, -0.2) is 0 Å². The van der Waals surface area contributed by atoms with Crippen molar-refractivity contribution in [3.05, 3.63) is 17.5 Å². The number of hydrogen-bond donors (Lipinski definition) is 1. The van der Waals surface area contributed by atoms with Crippen LogP contribution < -0.4 is 5.32 Å². The van der Waals surface area contributed by atoms with Crippen molar-refractivity contribution in [2.45, 2.75) is 26.2 Å². The zero-order valence-corrected chi connectivity index (χ0v) is 10.1. The van der Waals surface area contributed by atoms with Gasteiger partial charge in [-0.2, -0.15) is 5.10 Å². The Morgan fingerprint density at radius 3 is 2.53 bits per heavy atom. The number of carbonyl (C=O) groups excluding carboxylic acids is 1. The third kappa shape index (κ3) is 2.65. The molecular weight excluding hydrogens is 190 g/mol. The van der Waals surface area contributed by atoms with Gasteiger partial charge in [-0.05, 0) is 13.1 Å². The molecule has 1 N–H and O–H groups in total. The average molecular weight is 209 g/mol. The summed E-state index contributed by atoms with van der Waals surface area (Å²) in [5.41, 5.74) is 1.59. The smallest absolute Gasteiger partial charge is 0.194 e. The zero-order chi connectivity index (χ0) is 11.6. The molecule has 4 heteroatoms. The topological polar surface area (TPSA) is 46.9 Å². The second-order valence-corrected chi connectivity index (χ2v) is 4.74. The molecule has 4 nitrogen and oxygen atoms in total. The Hall–Kier alpha value is -1.16. The number of nitrogens with one attached hydrogen (secondary N) is 1. The Kier molecular flexibility index (Phi) is 3.29. The first-order valence-electron chi connectivity index (χ1n) is 5.08. The molecule has 0 fully saturated rings. The number of rotatable bonds is 3. The number of nitrogens with zero attached hydrogens (tertiary/aromatic N) is 2. The van der Waals surface area contributed by atoms with Crippen molar-refractivity contribution in [3.8, 4) is 0 Å². The van der Waals surface area contributed by atoms with Crippen molar-refractivity contribution >= 4 is 5.78 Å². The summed E-state index contributed by atoms with van der Waals surface area (Å²) in [6.45, 7) is 6.61. The molecule has 1 rings (SSSR count). The molecule has 0 spiro atoms. The lowest BCUT2D eigenvalue weighted by Crippen LogP contribution is -2.20. The van der Waals surface area contributed by atoms with Crippen LogP contribution in [0.4, 0.5) is 0 Å². The molecule has 0 aliphatic heterocycles. The molecular formula is C11H19N3O. The van der Waals surface area contributed by atoms with Crippen molar-refractivity contribution in [1.82, 2.24) is 15.1 Å². The van der Waals surface area contributed by atoms with Crippen LogP contribution in [0.5, 0.6) is 0 Å². The van der Waals surface area contributed by atoms with E-state index in [0.717, 1.165) is 5.69 Å². The molecule has 84 valence electrons. The summed E-state index contributed by atoms with van der Waals surface area (Å²) in [7, 11) is 3.57. The second kappa shape index (κ2) is 4.14. The minimum atomic E-state index is -0.0179. The Morgan fingerprint density at radius 2 is 2.13 bits per heavy atom. The predicted octanol–water partition coefficient (Wildman–Crippen LogP) is 1.12. The molecule has 0 radical (unpaired) electrons. The Labute approximate surface area is 90.7 Å². The van der Waals surface area contributed by atoms with E-state index in [1.54, 1.807) is 18.8 Å². The minimum Gasteiger partial charge on any atom is -0.313 e. The van der Waals surface area contributed by atoms with Crippen molar-refractivity contribution in [2.75, 3.05) is 13.6 Å². The molecule has 0 aliphatic rings. The van der Waals surface area contributed by atoms with E-state index in [-0.39, 0.29) is 11.2 Å². The first-order valence-corrected chi connectivity index (χ1v) is 5.08. The van der Waals surface area contributed by atoms with Crippen molar-refractivity contribution in [3.63, 3.8) is 0 Å². The van der Waals surface area contributed by atoms with E-state index in [2.05, 4.69) is 31.2 Å². The third-order valence-electron chi connectivity index (χ3n) is 2.27. The van der Waals surface area contributed by atoms with E-state index in [1.807, 2.05) is 6.07 Å². The molecule has 1 aromatic rings. The van der Waals surface area contributed by atoms with Crippen LogP contribution in [-0.4, -0.2) is 29.2 Å². The minimum absolute atomic E-state index is 0.0179. The maximum atomic E-state index is 11.7. The maximum Gasteiger partial charge on any atom is 0.194 e. The summed E-state index contributed by atoms with van der Waals surface area (Å²) in [6, 6.07) is 1.87. The third-order valence-corrected chi connectivity index (χ3v) is 2.27. The number of aryl methyl sites for hydroxylation is 1. The largest absolute Gasteiger partial charge is 0.313 e. The predicted molar refractivity (Wildman–Crippen MR) is 60.2 cm³/mol. The van der Waals surface area contributed by atoms with Crippen LogP contribution in [-0.2, 0) is 12.5 Å². The highest BCUT2D eigenvalue weighted by atomic mass is 16.1. The van der Waals surface area contributed by atoms with Gasteiger partial charge >= 0.3 is 0 Å². The standard InChI is InChI=1S/C11H19N3O/c1-11(2,3)10-6-8(14(5)13-10)9(15)7-12-4/h6,12H,7H2,1-5H3. The quantitative estimate of drug-likeness (QED) is 0.759. The van der Waals surface area contributed by atoms with E-state index in [1.165, 1.54) is 0 Å². The number of likely N-dealkylation sites (N-methyl/N-ethyl adjacent to an activating group) is 1. The average Bonchev–Trinajstić information content (AvgIpc) is 2.47. The number of Topliss-reactive ketones (excluding diaryl/α,β-unsaturated/α-hetero) is 1. The molecule has 0 saturated heterocycles. The molecule has 0 aliphatic carbocycles. The van der Waals surface area contributed by atoms with Crippen molar-refractivity contribution < 1.29 is 4.79 Å². The highest BCUT2D eigenvalue weighted by Gasteiger charge is 2.21. The highest BCUT2D eigenvalue weighted by Crippen LogP contribution is 2.21. The van der Waals surface area contributed by atoms with E-state index in [0.29, 0.717) is 12.2 Å². The summed E-state index contributed by atoms with van der Waals surface area (Å²) in [5.74, 6) is 0.0722. The van der Waals surface area contributed by atoms with Crippen molar-refractivity contribution in [2.24, 2.45) is 7.05 Å². The van der Waals surface area contributed by atoms with Gasteiger partial charge in [0.05, 0.1) is 12.2 Å². The molecule has 1 heterocycles. The van der Waals surface area contributed by atoms with Gasteiger partial charge < -0.3 is 5.32 Å². The molecule has 1 aromatic heterocycles. The molecule has 0 atom stereocenters. The molecule has 0 amide bonds. The van der Waals surface area contributed by atoms with Crippen LogP contribution in [0.3, 0.4) is 0 Å². The summed E-state index contributed by atoms with van der Waals surface area (Å²) in [4.78, 5) is 11.7. The van der Waals surface area contributed by atoms with E-state index in [9.17, 15) is 4.79 Å². The van der Waals surface area contributed by atoms with Gasteiger partial charge in [0.1, 0.15) is 5.69 Å². The molecule has 15 heavy (non-hydrogen) atoms. The van der Waals surface area contributed by atoms with Crippen LogP contribution in [0.2, 0.25) is 0 Å². The fourth-order valence-corrected chi connectivity index (χ4v) is 1.35. The van der Waals surface area contributed by atoms with Gasteiger partial charge in [0.25, 0.3) is 0 Å². The molecule has 0 unspecified atom stereocenters. The second-order valence-electron chi connectivity index (χ2n) is 4.74. The fourth-order valence-electron chi connectivity index (χ4n) is 1.35. The Bertz CT molecular complexity index is 360. The molecule has 0 aromatic carbocycles. The summed E-state index contributed by atoms with van der Waals surface area (Å²) in [5, 5.41) is 7.20. The van der Waals surface area contributed by atoms with Crippen LogP contribution in [0.15, 0.2) is 6.07 Å². The van der Waals surface area contributed by atoms with Crippen LogP contribution in [0.25, 0.3) is 0 Å². The lowest BCUT2D eigenvalue weighted by molar-refractivity contribution is 0.0984. The lowest BCUT2D eigenvalue weighted by Gasteiger charge is -2.13. The van der Waals surface area contributed by atoms with Crippen LogP contribution in [0, 0.1) is 0 Å². The number of aromatic nitrogens is 2.